The molecule has 0 aliphatic carbocycles. The SMILES string of the molecule is CC[C@@H](C)c1nc2ccc(Br)cc2c(=O)n1N=Cc1ccc(OCC(=O)Nc2ccc(C)cc2)c(OC)c1. The fraction of sp³-hybridized carbons (Fsp3) is 0.241. The summed E-state index contributed by atoms with van der Waals surface area (Å²) >= 11 is 3.43. The number of aromatic nitrogens is 2. The highest BCUT2D eigenvalue weighted by molar-refractivity contribution is 9.10. The summed E-state index contributed by atoms with van der Waals surface area (Å²) in [6.07, 6.45) is 2.39. The first-order valence-corrected chi connectivity index (χ1v) is 13.0. The Bertz CT molecular complexity index is 1550. The zero-order valence-electron chi connectivity index (χ0n) is 21.7. The van der Waals surface area contributed by atoms with Crippen LogP contribution in [-0.4, -0.2) is 35.5 Å². The zero-order valence-corrected chi connectivity index (χ0v) is 23.3. The van der Waals surface area contributed by atoms with E-state index in [0.29, 0.717) is 39.5 Å². The average Bonchev–Trinajstić information content (AvgIpc) is 2.92. The number of anilines is 1. The predicted octanol–water partition coefficient (Wildman–Crippen LogP) is 5.89. The largest absolute Gasteiger partial charge is 0.493 e. The fourth-order valence-electron chi connectivity index (χ4n) is 3.76. The van der Waals surface area contributed by atoms with E-state index in [9.17, 15) is 9.59 Å². The summed E-state index contributed by atoms with van der Waals surface area (Å²) in [5, 5.41) is 7.78. The van der Waals surface area contributed by atoms with Crippen LogP contribution in [0.25, 0.3) is 10.9 Å². The third-order valence-corrected chi connectivity index (χ3v) is 6.58. The summed E-state index contributed by atoms with van der Waals surface area (Å²) in [6.45, 7) is 5.86. The molecule has 1 aromatic heterocycles. The Morgan fingerprint density at radius 3 is 2.61 bits per heavy atom. The number of methoxy groups -OCH3 is 1. The summed E-state index contributed by atoms with van der Waals surface area (Å²) in [5.41, 5.74) is 2.89. The Labute approximate surface area is 229 Å². The van der Waals surface area contributed by atoms with Gasteiger partial charge in [0.25, 0.3) is 11.5 Å². The van der Waals surface area contributed by atoms with Gasteiger partial charge >= 0.3 is 0 Å². The molecule has 1 amide bonds. The summed E-state index contributed by atoms with van der Waals surface area (Å²) in [6, 6.07) is 18.2. The molecule has 0 saturated carbocycles. The molecule has 1 atom stereocenters. The second-order valence-electron chi connectivity index (χ2n) is 8.92. The van der Waals surface area contributed by atoms with Crippen LogP contribution in [0.15, 0.2) is 75.0 Å². The Morgan fingerprint density at radius 2 is 1.89 bits per heavy atom. The standard InChI is InChI=1S/C29H29BrN4O4/c1-5-19(3)28-33-24-12-9-21(30)15-23(24)29(36)34(28)31-16-20-8-13-25(26(14-20)37-4)38-17-27(35)32-22-10-6-18(2)7-11-22/h6-16,19H,5,17H2,1-4H3,(H,32,35)/t19-/m1/s1. The van der Waals surface area contributed by atoms with E-state index in [1.165, 1.54) is 11.8 Å². The minimum absolute atomic E-state index is 0.0317. The molecule has 0 aliphatic heterocycles. The van der Waals surface area contributed by atoms with Crippen LogP contribution in [0.4, 0.5) is 5.69 Å². The maximum Gasteiger partial charge on any atom is 0.282 e. The van der Waals surface area contributed by atoms with Crippen LogP contribution in [0, 0.1) is 6.92 Å². The molecule has 3 aromatic carbocycles. The van der Waals surface area contributed by atoms with Crippen LogP contribution in [0.1, 0.15) is 43.1 Å². The van der Waals surface area contributed by atoms with Crippen molar-refractivity contribution in [2.45, 2.75) is 33.1 Å². The smallest absolute Gasteiger partial charge is 0.282 e. The Morgan fingerprint density at radius 1 is 1.13 bits per heavy atom. The molecule has 0 aliphatic rings. The molecule has 1 N–H and O–H groups in total. The molecule has 9 heteroatoms. The summed E-state index contributed by atoms with van der Waals surface area (Å²) in [5.74, 6) is 1.19. The van der Waals surface area contributed by atoms with Gasteiger partial charge in [0.1, 0.15) is 5.82 Å². The second-order valence-corrected chi connectivity index (χ2v) is 9.83. The quantitative estimate of drug-likeness (QED) is 0.251. The van der Waals surface area contributed by atoms with Crippen molar-refractivity contribution in [3.63, 3.8) is 0 Å². The van der Waals surface area contributed by atoms with Crippen molar-refractivity contribution in [1.82, 2.24) is 9.66 Å². The first-order valence-electron chi connectivity index (χ1n) is 12.2. The van der Waals surface area contributed by atoms with Crippen LogP contribution in [0.3, 0.4) is 0 Å². The minimum Gasteiger partial charge on any atom is -0.493 e. The Kier molecular flexibility index (Phi) is 8.58. The lowest BCUT2D eigenvalue weighted by molar-refractivity contribution is -0.118. The van der Waals surface area contributed by atoms with E-state index in [4.69, 9.17) is 14.5 Å². The Balaban J connectivity index is 1.55. The predicted molar refractivity (Wildman–Crippen MR) is 154 cm³/mol. The normalized spacial score (nSPS) is 12.0. The van der Waals surface area contributed by atoms with E-state index in [1.807, 2.05) is 57.2 Å². The van der Waals surface area contributed by atoms with Gasteiger partial charge in [-0.25, -0.2) is 4.98 Å². The van der Waals surface area contributed by atoms with Crippen molar-refractivity contribution >= 4 is 44.6 Å². The van der Waals surface area contributed by atoms with E-state index < -0.39 is 0 Å². The third kappa shape index (κ3) is 6.28. The van der Waals surface area contributed by atoms with E-state index in [-0.39, 0.29) is 24.0 Å². The van der Waals surface area contributed by atoms with Gasteiger partial charge in [-0.3, -0.25) is 9.59 Å². The number of fused-ring (bicyclic) bond motifs is 1. The number of nitrogens with zero attached hydrogens (tertiary/aromatic N) is 3. The van der Waals surface area contributed by atoms with Gasteiger partial charge < -0.3 is 14.8 Å². The molecule has 0 unspecified atom stereocenters. The van der Waals surface area contributed by atoms with Crippen molar-refractivity contribution in [2.24, 2.45) is 5.10 Å². The van der Waals surface area contributed by atoms with Crippen molar-refractivity contribution in [2.75, 3.05) is 19.0 Å². The van der Waals surface area contributed by atoms with Crippen LogP contribution in [-0.2, 0) is 4.79 Å². The molecule has 0 spiro atoms. The van der Waals surface area contributed by atoms with Gasteiger partial charge in [0.15, 0.2) is 18.1 Å². The molecule has 0 fully saturated rings. The first kappa shape index (κ1) is 27.1. The third-order valence-electron chi connectivity index (χ3n) is 6.09. The van der Waals surface area contributed by atoms with Gasteiger partial charge in [-0.15, -0.1) is 0 Å². The number of rotatable bonds is 9. The average molecular weight is 577 g/mol. The lowest BCUT2D eigenvalue weighted by Crippen LogP contribution is -2.23. The molecule has 0 radical (unpaired) electrons. The summed E-state index contributed by atoms with van der Waals surface area (Å²) in [7, 11) is 1.52. The van der Waals surface area contributed by atoms with Crippen molar-refractivity contribution in [3.8, 4) is 11.5 Å². The van der Waals surface area contributed by atoms with Gasteiger partial charge in [-0.05, 0) is 67.4 Å². The van der Waals surface area contributed by atoms with Crippen LogP contribution >= 0.6 is 15.9 Å². The van der Waals surface area contributed by atoms with Gasteiger partial charge in [0, 0.05) is 16.1 Å². The zero-order chi connectivity index (χ0) is 27.2. The second kappa shape index (κ2) is 12.0. The molecule has 0 bridgehead atoms. The highest BCUT2D eigenvalue weighted by Crippen LogP contribution is 2.28. The summed E-state index contributed by atoms with van der Waals surface area (Å²) < 4.78 is 13.3. The maximum absolute atomic E-state index is 13.3. The van der Waals surface area contributed by atoms with Gasteiger partial charge in [-0.2, -0.15) is 9.78 Å². The molecular formula is C29H29BrN4O4. The fourth-order valence-corrected chi connectivity index (χ4v) is 4.13. The minimum atomic E-state index is -0.283. The molecule has 196 valence electrons. The van der Waals surface area contributed by atoms with Gasteiger partial charge in [0.05, 0.1) is 24.2 Å². The molecule has 4 aromatic rings. The van der Waals surface area contributed by atoms with Crippen molar-refractivity contribution < 1.29 is 14.3 Å². The highest BCUT2D eigenvalue weighted by Gasteiger charge is 2.16. The molecule has 0 saturated heterocycles. The number of ether oxygens (including phenoxy) is 2. The highest BCUT2D eigenvalue weighted by atomic mass is 79.9. The van der Waals surface area contributed by atoms with Crippen LogP contribution < -0.4 is 20.3 Å². The number of hydrogen-bond acceptors (Lipinski definition) is 6. The van der Waals surface area contributed by atoms with Gasteiger partial charge in [0.2, 0.25) is 0 Å². The number of halogens is 1. The van der Waals surface area contributed by atoms with Crippen LogP contribution in [0.5, 0.6) is 11.5 Å². The Hall–Kier alpha value is -3.98. The molecular weight excluding hydrogens is 548 g/mol. The molecule has 1 heterocycles. The molecule has 8 nitrogen and oxygen atoms in total. The molecule has 38 heavy (non-hydrogen) atoms. The lowest BCUT2D eigenvalue weighted by Gasteiger charge is -2.14. The molecule has 4 rings (SSSR count). The number of hydrogen-bond donors (Lipinski definition) is 1. The van der Waals surface area contributed by atoms with Crippen molar-refractivity contribution in [3.05, 3.63) is 92.4 Å². The topological polar surface area (TPSA) is 94.8 Å². The number of carbonyl (C=O) groups is 1. The van der Waals surface area contributed by atoms with E-state index in [0.717, 1.165) is 16.5 Å². The van der Waals surface area contributed by atoms with Crippen LogP contribution in [0.2, 0.25) is 0 Å². The number of amides is 1. The maximum atomic E-state index is 13.3. The monoisotopic (exact) mass is 576 g/mol. The summed E-state index contributed by atoms with van der Waals surface area (Å²) in [4.78, 5) is 30.4. The number of benzene rings is 3. The van der Waals surface area contributed by atoms with Gasteiger partial charge in [-0.1, -0.05) is 47.5 Å². The number of nitrogens with one attached hydrogen (secondary N) is 1. The lowest BCUT2D eigenvalue weighted by atomic mass is 10.1. The van der Waals surface area contributed by atoms with E-state index in [2.05, 4.69) is 26.3 Å². The first-order chi connectivity index (χ1) is 18.3. The number of carbonyl (C=O) groups excluding carboxylic acids is 1. The van der Waals surface area contributed by atoms with E-state index in [1.54, 1.807) is 30.5 Å². The van der Waals surface area contributed by atoms with Crippen molar-refractivity contribution in [1.29, 1.82) is 0 Å². The van der Waals surface area contributed by atoms with E-state index >= 15 is 0 Å². The number of aryl methyl sites for hydroxylation is 1.